The maximum absolute atomic E-state index is 13.0. The van der Waals surface area contributed by atoms with Crippen LogP contribution < -0.4 is 9.47 Å². The Bertz CT molecular complexity index is 909. The number of methoxy groups -OCH3 is 1. The van der Waals surface area contributed by atoms with Crippen LogP contribution in [-0.4, -0.2) is 47.5 Å². The van der Waals surface area contributed by atoms with Crippen molar-refractivity contribution in [2.45, 2.75) is 45.9 Å². The van der Waals surface area contributed by atoms with Gasteiger partial charge in [-0.05, 0) is 44.4 Å². The first-order valence-electron chi connectivity index (χ1n) is 10.1. The number of carbonyl (C=O) groups is 2. The Balaban J connectivity index is 2.10. The number of hydrogen-bond acceptors (Lipinski definition) is 7. The lowest BCUT2D eigenvalue weighted by molar-refractivity contribution is -0.141. The van der Waals surface area contributed by atoms with E-state index in [4.69, 9.17) is 14.2 Å². The summed E-state index contributed by atoms with van der Waals surface area (Å²) in [6, 6.07) is 4.83. The standard InChI is InChI=1S/C22H28N2O5S/c1-7-28-16-9-8-15(10-17(16)27-6)19-18(21(26)29-11-12(2)3)13(4)23-22-24(19)20(25)14(5)30-22/h8-10,12,14,19H,7,11H2,1-6H3/t14-,19+/m0/s1. The smallest absolute Gasteiger partial charge is 0.338 e. The van der Waals surface area contributed by atoms with Gasteiger partial charge in [-0.2, -0.15) is 0 Å². The van der Waals surface area contributed by atoms with E-state index < -0.39 is 12.0 Å². The zero-order valence-corrected chi connectivity index (χ0v) is 19.0. The minimum Gasteiger partial charge on any atom is -0.493 e. The van der Waals surface area contributed by atoms with Crippen LogP contribution in [-0.2, 0) is 14.3 Å². The van der Waals surface area contributed by atoms with Gasteiger partial charge in [0.2, 0.25) is 5.91 Å². The normalized spacial score (nSPS) is 21.0. The highest BCUT2D eigenvalue weighted by Crippen LogP contribution is 2.44. The predicted molar refractivity (Wildman–Crippen MR) is 117 cm³/mol. The van der Waals surface area contributed by atoms with Gasteiger partial charge in [0.05, 0.1) is 42.9 Å². The number of benzene rings is 1. The van der Waals surface area contributed by atoms with Crippen LogP contribution in [0, 0.1) is 5.92 Å². The van der Waals surface area contributed by atoms with Crippen LogP contribution >= 0.6 is 11.8 Å². The van der Waals surface area contributed by atoms with Crippen LogP contribution in [0.5, 0.6) is 11.5 Å². The molecule has 7 nitrogen and oxygen atoms in total. The van der Waals surface area contributed by atoms with E-state index in [1.165, 1.54) is 11.8 Å². The molecule has 1 saturated heterocycles. The van der Waals surface area contributed by atoms with Crippen molar-refractivity contribution in [2.24, 2.45) is 10.9 Å². The molecule has 0 aromatic heterocycles. The Morgan fingerprint density at radius 3 is 2.67 bits per heavy atom. The first kappa shape index (κ1) is 22.2. The summed E-state index contributed by atoms with van der Waals surface area (Å²) in [6.45, 7) is 10.3. The Hall–Kier alpha value is -2.48. The third-order valence-corrected chi connectivity index (χ3v) is 5.88. The average Bonchev–Trinajstić information content (AvgIpc) is 2.99. The molecule has 162 valence electrons. The van der Waals surface area contributed by atoms with Crippen molar-refractivity contribution in [2.75, 3.05) is 20.3 Å². The van der Waals surface area contributed by atoms with Gasteiger partial charge in [-0.15, -0.1) is 0 Å². The largest absolute Gasteiger partial charge is 0.493 e. The Morgan fingerprint density at radius 2 is 2.03 bits per heavy atom. The summed E-state index contributed by atoms with van der Waals surface area (Å²) < 4.78 is 16.6. The quantitative estimate of drug-likeness (QED) is 0.608. The van der Waals surface area contributed by atoms with Crippen LogP contribution in [0.1, 0.15) is 46.2 Å². The molecule has 3 rings (SSSR count). The molecular weight excluding hydrogens is 404 g/mol. The molecule has 2 atom stereocenters. The minimum absolute atomic E-state index is 0.0849. The second-order valence-corrected chi connectivity index (χ2v) is 8.91. The number of esters is 1. The molecule has 1 aromatic rings. The monoisotopic (exact) mass is 432 g/mol. The van der Waals surface area contributed by atoms with Crippen molar-refractivity contribution in [3.63, 3.8) is 0 Å². The molecule has 0 bridgehead atoms. The molecule has 1 amide bonds. The Labute approximate surface area is 181 Å². The van der Waals surface area contributed by atoms with Gasteiger partial charge in [0.1, 0.15) is 0 Å². The van der Waals surface area contributed by atoms with Gasteiger partial charge in [-0.3, -0.25) is 9.69 Å². The van der Waals surface area contributed by atoms with Crippen LogP contribution in [0.15, 0.2) is 34.5 Å². The Morgan fingerprint density at radius 1 is 1.30 bits per heavy atom. The molecule has 8 heteroatoms. The fraction of sp³-hybridized carbons (Fsp3) is 0.500. The number of fused-ring (bicyclic) bond motifs is 1. The SMILES string of the molecule is CCOc1ccc([C@@H]2C(C(=O)OCC(C)C)=C(C)N=C3S[C@@H](C)C(=O)N32)cc1OC. The molecule has 0 radical (unpaired) electrons. The highest BCUT2D eigenvalue weighted by Gasteiger charge is 2.46. The van der Waals surface area contributed by atoms with Gasteiger partial charge in [0, 0.05) is 0 Å². The van der Waals surface area contributed by atoms with Crippen LogP contribution in [0.25, 0.3) is 0 Å². The number of hydrogen-bond donors (Lipinski definition) is 0. The summed E-state index contributed by atoms with van der Waals surface area (Å²) in [5.41, 5.74) is 1.66. The van der Waals surface area contributed by atoms with Crippen molar-refractivity contribution < 1.29 is 23.8 Å². The summed E-state index contributed by atoms with van der Waals surface area (Å²) in [5.74, 6) is 0.801. The van der Waals surface area contributed by atoms with Gasteiger partial charge >= 0.3 is 5.97 Å². The lowest BCUT2D eigenvalue weighted by Crippen LogP contribution is -2.40. The number of thioether (sulfide) groups is 1. The molecule has 1 fully saturated rings. The molecule has 2 aliphatic rings. The van der Waals surface area contributed by atoms with Gasteiger partial charge < -0.3 is 14.2 Å². The summed E-state index contributed by atoms with van der Waals surface area (Å²) in [4.78, 5) is 32.2. The lowest BCUT2D eigenvalue weighted by atomic mass is 9.94. The van der Waals surface area contributed by atoms with Crippen LogP contribution in [0.4, 0.5) is 0 Å². The lowest BCUT2D eigenvalue weighted by Gasteiger charge is -2.33. The fourth-order valence-electron chi connectivity index (χ4n) is 3.43. The molecule has 0 spiro atoms. The molecule has 0 saturated carbocycles. The van der Waals surface area contributed by atoms with Crippen molar-refractivity contribution in [1.82, 2.24) is 4.90 Å². The van der Waals surface area contributed by atoms with E-state index in [0.29, 0.717) is 41.2 Å². The predicted octanol–water partition coefficient (Wildman–Crippen LogP) is 3.94. The molecular formula is C22H28N2O5S. The maximum atomic E-state index is 13.0. The van der Waals surface area contributed by atoms with Crippen molar-refractivity contribution >= 4 is 28.8 Å². The number of rotatable bonds is 7. The molecule has 2 heterocycles. The zero-order chi connectivity index (χ0) is 22.0. The molecule has 2 aliphatic heterocycles. The summed E-state index contributed by atoms with van der Waals surface area (Å²) in [6.07, 6.45) is 0. The fourth-order valence-corrected chi connectivity index (χ4v) is 4.46. The van der Waals surface area contributed by atoms with Gasteiger partial charge in [0.15, 0.2) is 16.7 Å². The number of nitrogens with zero attached hydrogens (tertiary/aromatic N) is 2. The van der Waals surface area contributed by atoms with Gasteiger partial charge in [-0.1, -0.05) is 31.7 Å². The number of carbonyl (C=O) groups excluding carboxylic acids is 2. The number of aliphatic imine (C=N–C) groups is 1. The molecule has 30 heavy (non-hydrogen) atoms. The second-order valence-electron chi connectivity index (χ2n) is 7.60. The van der Waals surface area contributed by atoms with E-state index in [9.17, 15) is 9.59 Å². The molecule has 0 N–H and O–H groups in total. The van der Waals surface area contributed by atoms with E-state index in [-0.39, 0.29) is 17.1 Å². The number of allylic oxidation sites excluding steroid dienone is 1. The zero-order valence-electron chi connectivity index (χ0n) is 18.2. The molecule has 1 aromatic carbocycles. The summed E-state index contributed by atoms with van der Waals surface area (Å²) in [7, 11) is 1.56. The van der Waals surface area contributed by atoms with Crippen molar-refractivity contribution in [3.05, 3.63) is 35.0 Å². The van der Waals surface area contributed by atoms with E-state index >= 15 is 0 Å². The Kier molecular flexibility index (Phi) is 6.75. The first-order valence-corrected chi connectivity index (χ1v) is 10.9. The van der Waals surface area contributed by atoms with E-state index in [2.05, 4.69) is 4.99 Å². The van der Waals surface area contributed by atoms with E-state index in [1.807, 2.05) is 39.8 Å². The molecule has 0 aliphatic carbocycles. The number of amidine groups is 1. The minimum atomic E-state index is -0.633. The van der Waals surface area contributed by atoms with Gasteiger partial charge in [0.25, 0.3) is 0 Å². The average molecular weight is 433 g/mol. The number of amides is 1. The molecule has 0 unspecified atom stereocenters. The van der Waals surface area contributed by atoms with Crippen molar-refractivity contribution in [1.29, 1.82) is 0 Å². The van der Waals surface area contributed by atoms with E-state index in [0.717, 1.165) is 5.56 Å². The second kappa shape index (κ2) is 9.12. The number of ether oxygens (including phenoxy) is 3. The van der Waals surface area contributed by atoms with Gasteiger partial charge in [-0.25, -0.2) is 9.79 Å². The highest BCUT2D eigenvalue weighted by molar-refractivity contribution is 8.15. The third kappa shape index (κ3) is 4.19. The maximum Gasteiger partial charge on any atom is 0.338 e. The first-order chi connectivity index (χ1) is 14.3. The van der Waals surface area contributed by atoms with Crippen LogP contribution in [0.3, 0.4) is 0 Å². The topological polar surface area (TPSA) is 77.4 Å². The highest BCUT2D eigenvalue weighted by atomic mass is 32.2. The third-order valence-electron chi connectivity index (χ3n) is 4.83. The van der Waals surface area contributed by atoms with Crippen LogP contribution in [0.2, 0.25) is 0 Å². The van der Waals surface area contributed by atoms with E-state index in [1.54, 1.807) is 25.0 Å². The summed E-state index contributed by atoms with van der Waals surface area (Å²) >= 11 is 1.40. The summed E-state index contributed by atoms with van der Waals surface area (Å²) in [5, 5.41) is 0.331. The van der Waals surface area contributed by atoms with Crippen molar-refractivity contribution in [3.8, 4) is 11.5 Å².